The van der Waals surface area contributed by atoms with Crippen LogP contribution in [0.15, 0.2) is 315 Å². The number of anilines is 11. The number of benzene rings is 14. The summed E-state index contributed by atoms with van der Waals surface area (Å²) in [6.45, 7) is 40.0. The van der Waals surface area contributed by atoms with E-state index >= 15 is 0 Å². The Labute approximate surface area is 702 Å². The summed E-state index contributed by atoms with van der Waals surface area (Å²) < 4.78 is 0. The molecule has 2 aliphatic rings. The second kappa shape index (κ2) is 32.3. The van der Waals surface area contributed by atoms with Crippen LogP contribution in [0.4, 0.5) is 62.6 Å². The minimum atomic E-state index is -2.82. The van der Waals surface area contributed by atoms with Crippen molar-refractivity contribution in [2.75, 3.05) is 20.0 Å². The predicted molar refractivity (Wildman–Crippen MR) is 506 cm³/mol. The third-order valence-corrected chi connectivity index (χ3v) is 33.7. The Bertz CT molecular complexity index is 5520. The zero-order valence-corrected chi connectivity index (χ0v) is 74.3. The highest BCUT2D eigenvalue weighted by Gasteiger charge is 2.50. The molecule has 14 aromatic carbocycles. The molecule has 0 saturated heterocycles. The molecule has 1 N–H and O–H groups in total. The number of aryl methyl sites for hydroxylation is 6. The summed E-state index contributed by atoms with van der Waals surface area (Å²) in [5.74, 6) is 0. The van der Waals surface area contributed by atoms with Crippen LogP contribution in [0.5, 0.6) is 0 Å². The van der Waals surface area contributed by atoms with Crippen LogP contribution in [0.1, 0.15) is 139 Å². The molecule has 115 heavy (non-hydrogen) atoms. The van der Waals surface area contributed by atoms with E-state index < -0.39 is 16.1 Å². The van der Waals surface area contributed by atoms with Crippen molar-refractivity contribution in [1.29, 1.82) is 0 Å². The van der Waals surface area contributed by atoms with Gasteiger partial charge in [-0.2, -0.15) is 0 Å². The maximum atomic E-state index is 7.94. The Morgan fingerprint density at radius 2 is 0.530 bits per heavy atom. The van der Waals surface area contributed by atoms with E-state index in [0.29, 0.717) is 15.1 Å². The Hall–Kier alpha value is -10.4. The Balaban J connectivity index is 0.000000158. The van der Waals surface area contributed by atoms with Gasteiger partial charge in [-0.05, 0) is 235 Å². The van der Waals surface area contributed by atoms with E-state index in [2.05, 4.69) is 447 Å². The van der Waals surface area contributed by atoms with Crippen molar-refractivity contribution in [3.05, 3.63) is 386 Å². The van der Waals surface area contributed by atoms with E-state index in [4.69, 9.17) is 34.8 Å². The average Bonchev–Trinajstić information content (AvgIpc) is 0.694. The minimum absolute atomic E-state index is 0.0374. The predicted octanol–water partition coefficient (Wildman–Crippen LogP) is 25.6. The first kappa shape index (κ1) is 81.2. The quantitative estimate of drug-likeness (QED) is 0.130. The highest BCUT2D eigenvalue weighted by atomic mass is 35.5. The van der Waals surface area contributed by atoms with Crippen LogP contribution >= 0.6 is 34.8 Å². The third-order valence-electron chi connectivity index (χ3n) is 22.9. The number of hydrogen-bond donors (Lipinski definition) is 1. The topological polar surface area (TPSA) is 21.8 Å². The monoisotopic (exact) mass is 1600 g/mol. The molecule has 14 aromatic rings. The molecule has 0 aliphatic carbocycles. The van der Waals surface area contributed by atoms with Gasteiger partial charge in [0, 0.05) is 45.5 Å². The number of hydrogen-bond acceptors (Lipinski definition) is 4. The molecule has 2 heterocycles. The molecular weight excluding hydrogens is 1490 g/mol. The van der Waals surface area contributed by atoms with Crippen LogP contribution in [0.2, 0.25) is 15.1 Å². The van der Waals surface area contributed by atoms with Gasteiger partial charge in [0.25, 0.3) is 0 Å². The molecule has 4 nitrogen and oxygen atoms in total. The van der Waals surface area contributed by atoms with Gasteiger partial charge >= 0.3 is 0 Å². The van der Waals surface area contributed by atoms with E-state index in [-0.39, 0.29) is 21.7 Å². The molecule has 0 atom stereocenters. The number of halogens is 3. The normalized spacial score (nSPS) is 13.3. The lowest BCUT2D eigenvalue weighted by atomic mass is 9.86. The van der Waals surface area contributed by atoms with Crippen LogP contribution in [0, 0.1) is 41.5 Å². The van der Waals surface area contributed by atoms with Crippen LogP contribution in [-0.2, 0) is 21.7 Å². The fourth-order valence-corrected chi connectivity index (χ4v) is 28.1. The molecule has 0 radical (unpaired) electrons. The van der Waals surface area contributed by atoms with Gasteiger partial charge in [-0.15, -0.1) is 0 Å². The van der Waals surface area contributed by atoms with Gasteiger partial charge in [0.05, 0.1) is 32.1 Å². The molecule has 0 amide bonds. The summed E-state index contributed by atoms with van der Waals surface area (Å²) in [5.41, 5.74) is 24.6. The molecule has 580 valence electrons. The SMILES string of the molecule is Cc1cc(Cl)c(Cl)c(N(c2ccc(C(C)(C)C)cc2)c2ccc(C(C)(C)C)cc2)c1.Cc1cc(N(c2ccc(C(C)(C)C)cc2)c2ccc(C(C)(C)C)cc2)c(Cl)c(N2c3ccc(C)cc3[Si](c3ccccc3)(c3ccccc3)c3cc(C)ccc32)c1.Cc1ccc2c(c1)[Si](c1ccccc1)(c1ccccc1)c1cc(C)ccc1N2. The van der Waals surface area contributed by atoms with Crippen molar-refractivity contribution in [3.63, 3.8) is 0 Å². The fraction of sp³-hybridized carbons (Fsp3) is 0.208. The molecule has 0 aromatic heterocycles. The van der Waals surface area contributed by atoms with E-state index in [9.17, 15) is 0 Å². The van der Waals surface area contributed by atoms with Crippen molar-refractivity contribution in [1.82, 2.24) is 0 Å². The third kappa shape index (κ3) is 16.1. The second-order valence-corrected chi connectivity index (χ2v) is 44.2. The first-order valence-corrected chi connectivity index (χ1v) is 45.4. The summed E-state index contributed by atoms with van der Waals surface area (Å²) in [5, 5.41) is 16.8. The van der Waals surface area contributed by atoms with E-state index in [1.807, 2.05) is 13.0 Å². The lowest BCUT2D eigenvalue weighted by Crippen LogP contribution is -2.77. The summed E-state index contributed by atoms with van der Waals surface area (Å²) in [6.07, 6.45) is 0. The van der Waals surface area contributed by atoms with Gasteiger partial charge in [0.1, 0.15) is 0 Å². The van der Waals surface area contributed by atoms with Crippen molar-refractivity contribution >= 4 is 155 Å². The van der Waals surface area contributed by atoms with Gasteiger partial charge in [-0.25, -0.2) is 0 Å². The maximum absolute atomic E-state index is 7.94. The lowest BCUT2D eigenvalue weighted by molar-refractivity contribution is 0.590. The van der Waals surface area contributed by atoms with Crippen molar-refractivity contribution in [2.45, 2.75) is 146 Å². The Morgan fingerprint density at radius 3 is 0.835 bits per heavy atom. The first-order valence-electron chi connectivity index (χ1n) is 40.3. The van der Waals surface area contributed by atoms with Gasteiger partial charge < -0.3 is 20.0 Å². The van der Waals surface area contributed by atoms with Crippen LogP contribution in [0.3, 0.4) is 0 Å². The lowest BCUT2D eigenvalue weighted by Gasteiger charge is -2.45. The molecule has 16 rings (SSSR count). The molecule has 2 aliphatic heterocycles. The van der Waals surface area contributed by atoms with Crippen molar-refractivity contribution < 1.29 is 0 Å². The molecule has 0 unspecified atom stereocenters. The number of nitrogens with one attached hydrogen (secondary N) is 1. The highest BCUT2D eigenvalue weighted by molar-refractivity contribution is 7.22. The molecule has 9 heteroatoms. The van der Waals surface area contributed by atoms with Crippen molar-refractivity contribution in [2.24, 2.45) is 0 Å². The van der Waals surface area contributed by atoms with Gasteiger partial charge in [-0.3, -0.25) is 0 Å². The molecule has 0 saturated carbocycles. The minimum Gasteiger partial charge on any atom is -0.356 e. The standard InChI is InChI=1S/C53H53ClN2Si.C27H31Cl2N.C26H23NSi/c1-36-20-30-45-49(34-36)57(43-16-12-10-13-17-43,44-18-14-11-15-19-44)50-35-37(2)21-31-46(50)56(45)48-33-38(3)32-47(51(48)54)55(41-26-22-39(23-27-41)52(4,5)6)42-28-24-40(25-29-42)53(7,8)9;1-18-16-23(28)25(29)24(17-18)30(21-12-8-19(9-13-21)26(2,3)4)22-14-10-20(11-15-22)27(5,6)7;1-19-13-15-23-25(17-19)28(21-9-5-3-6-10-21,22-11-7-4-8-12-22)26-18-20(2)14-16-24(26)27-23/h10-35H,1-9H3;8-17H,1-7H3;3-18,27H,1-2H3. The smallest absolute Gasteiger partial charge is 0.184 e. The van der Waals surface area contributed by atoms with E-state index in [1.54, 1.807) is 0 Å². The zero-order valence-electron chi connectivity index (χ0n) is 70.0. The zero-order chi connectivity index (χ0) is 81.7. The summed E-state index contributed by atoms with van der Waals surface area (Å²) >= 11 is 21.1. The Morgan fingerprint density at radius 1 is 0.261 bits per heavy atom. The Kier molecular flexibility index (Phi) is 22.8. The van der Waals surface area contributed by atoms with Crippen LogP contribution in [-0.4, -0.2) is 16.1 Å². The van der Waals surface area contributed by atoms with Gasteiger partial charge in [0.2, 0.25) is 0 Å². The van der Waals surface area contributed by atoms with E-state index in [0.717, 1.165) is 50.9 Å². The summed E-state index contributed by atoms with van der Waals surface area (Å²) in [4.78, 5) is 6.96. The second-order valence-electron chi connectivity index (χ2n) is 35.6. The van der Waals surface area contributed by atoms with Crippen LogP contribution in [0.25, 0.3) is 0 Å². The number of rotatable bonds is 11. The van der Waals surface area contributed by atoms with Crippen molar-refractivity contribution in [3.8, 4) is 0 Å². The van der Waals surface area contributed by atoms with Gasteiger partial charge in [-0.1, -0.05) is 359 Å². The molecule has 0 fully saturated rings. The fourth-order valence-electron chi connectivity index (χ4n) is 16.8. The molecule has 0 bridgehead atoms. The summed E-state index contributed by atoms with van der Waals surface area (Å²) in [6, 6.07) is 116. The molecular formula is C106H107Cl3N4Si2. The average molecular weight is 1600 g/mol. The first-order chi connectivity index (χ1) is 54.7. The largest absolute Gasteiger partial charge is 0.356 e. The highest BCUT2D eigenvalue weighted by Crippen LogP contribution is 2.50. The number of nitrogens with zero attached hydrogens (tertiary/aromatic N) is 3. The number of fused-ring (bicyclic) bond motifs is 4. The van der Waals surface area contributed by atoms with Crippen LogP contribution < -0.4 is 61.5 Å². The van der Waals surface area contributed by atoms with E-state index in [1.165, 1.54) is 109 Å². The summed E-state index contributed by atoms with van der Waals surface area (Å²) in [7, 11) is -5.22. The molecule has 0 spiro atoms. The van der Waals surface area contributed by atoms with Gasteiger partial charge in [0.15, 0.2) is 16.1 Å². The maximum Gasteiger partial charge on any atom is 0.184 e.